The number of aromatic nitrogens is 7. The average molecular weight is 441 g/mol. The molecule has 4 aliphatic rings. The molecule has 0 radical (unpaired) electrons. The Morgan fingerprint density at radius 2 is 2.06 bits per heavy atom. The summed E-state index contributed by atoms with van der Waals surface area (Å²) in [6.07, 6.45) is 10.7. The number of H-pyrrole nitrogens is 1. The molecule has 2 atom stereocenters. The minimum absolute atomic E-state index is 0.160. The number of hydrogen-bond donors (Lipinski definition) is 2. The number of nitriles is 1. The number of imidazole rings is 1. The van der Waals surface area contributed by atoms with E-state index in [9.17, 15) is 10.1 Å². The van der Waals surface area contributed by atoms with Crippen molar-refractivity contribution in [2.24, 2.45) is 17.3 Å². The Hall–Kier alpha value is -3.74. The lowest BCUT2D eigenvalue weighted by Gasteiger charge is -2.59. The fraction of sp³-hybridized carbons (Fsp3) is 0.478. The van der Waals surface area contributed by atoms with Crippen LogP contribution in [0.1, 0.15) is 44.1 Å². The van der Waals surface area contributed by atoms with Gasteiger partial charge in [0.15, 0.2) is 11.3 Å². The van der Waals surface area contributed by atoms with Gasteiger partial charge in [0.05, 0.1) is 35.1 Å². The van der Waals surface area contributed by atoms with Gasteiger partial charge in [0.2, 0.25) is 5.95 Å². The summed E-state index contributed by atoms with van der Waals surface area (Å²) >= 11 is 0. The molecule has 10 nitrogen and oxygen atoms in total. The monoisotopic (exact) mass is 441 g/mol. The molecule has 4 aromatic rings. The molecule has 0 amide bonds. The zero-order chi connectivity index (χ0) is 22.4. The third kappa shape index (κ3) is 2.62. The van der Waals surface area contributed by atoms with Crippen molar-refractivity contribution in [1.29, 1.82) is 5.26 Å². The molecule has 33 heavy (non-hydrogen) atoms. The molecule has 166 valence electrons. The lowest BCUT2D eigenvalue weighted by Crippen LogP contribution is -2.58. The van der Waals surface area contributed by atoms with Crippen LogP contribution in [-0.2, 0) is 5.54 Å². The summed E-state index contributed by atoms with van der Waals surface area (Å²) in [5.74, 6) is 1.41. The number of fused-ring (bicyclic) bond motifs is 2. The first-order chi connectivity index (χ1) is 16.0. The van der Waals surface area contributed by atoms with Crippen molar-refractivity contribution >= 4 is 28.4 Å². The Bertz CT molecular complexity index is 1520. The first kappa shape index (κ1) is 18.8. The zero-order valence-corrected chi connectivity index (χ0v) is 18.2. The van der Waals surface area contributed by atoms with E-state index in [1.54, 1.807) is 10.7 Å². The third-order valence-corrected chi connectivity index (χ3v) is 8.04. The van der Waals surface area contributed by atoms with Crippen molar-refractivity contribution in [3.63, 3.8) is 0 Å². The van der Waals surface area contributed by atoms with Crippen LogP contribution in [0, 0.1) is 35.5 Å². The fourth-order valence-corrected chi connectivity index (χ4v) is 7.21. The maximum absolute atomic E-state index is 13.2. The minimum atomic E-state index is -0.351. The highest BCUT2D eigenvalue weighted by atomic mass is 16.1. The molecular weight excluding hydrogens is 418 g/mol. The van der Waals surface area contributed by atoms with Crippen molar-refractivity contribution in [2.75, 3.05) is 5.32 Å². The van der Waals surface area contributed by atoms with Crippen LogP contribution in [0.15, 0.2) is 29.6 Å². The Kier molecular flexibility index (Phi) is 3.52. The van der Waals surface area contributed by atoms with Gasteiger partial charge in [-0.25, -0.2) is 19.3 Å². The normalized spacial score (nSPS) is 30.2. The molecule has 0 spiro atoms. The zero-order valence-electron chi connectivity index (χ0n) is 18.2. The lowest BCUT2D eigenvalue weighted by molar-refractivity contribution is -0.0743. The van der Waals surface area contributed by atoms with E-state index in [2.05, 4.69) is 31.4 Å². The Labute approximate surface area is 188 Å². The summed E-state index contributed by atoms with van der Waals surface area (Å²) in [5, 5.41) is 17.5. The summed E-state index contributed by atoms with van der Waals surface area (Å²) < 4.78 is 3.54. The quantitative estimate of drug-likeness (QED) is 0.500. The lowest BCUT2D eigenvalue weighted by atomic mass is 9.47. The van der Waals surface area contributed by atoms with Gasteiger partial charge in [-0.2, -0.15) is 15.3 Å². The minimum Gasteiger partial charge on any atom is -0.323 e. The maximum atomic E-state index is 13.2. The highest BCUT2D eigenvalue weighted by Crippen LogP contribution is 2.64. The van der Waals surface area contributed by atoms with Crippen molar-refractivity contribution < 1.29 is 0 Å². The van der Waals surface area contributed by atoms with E-state index < -0.39 is 0 Å². The summed E-state index contributed by atoms with van der Waals surface area (Å²) in [6, 6.07) is 4.58. The van der Waals surface area contributed by atoms with Gasteiger partial charge < -0.3 is 10.3 Å². The molecule has 0 aromatic carbocycles. The highest BCUT2D eigenvalue weighted by molar-refractivity contribution is 5.73. The molecule has 0 aliphatic heterocycles. The van der Waals surface area contributed by atoms with Crippen LogP contribution in [0.5, 0.6) is 0 Å². The first-order valence-electron chi connectivity index (χ1n) is 11.4. The number of anilines is 2. The van der Waals surface area contributed by atoms with Crippen molar-refractivity contribution in [2.45, 2.75) is 51.0 Å². The van der Waals surface area contributed by atoms with E-state index in [0.29, 0.717) is 28.9 Å². The molecule has 4 saturated carbocycles. The van der Waals surface area contributed by atoms with Gasteiger partial charge in [-0.1, -0.05) is 0 Å². The molecule has 2 N–H and O–H groups in total. The van der Waals surface area contributed by atoms with Crippen LogP contribution in [0.4, 0.5) is 11.6 Å². The molecule has 4 heterocycles. The molecule has 4 bridgehead atoms. The Balaban J connectivity index is 1.34. The number of hydrogen-bond acceptors (Lipinski definition) is 7. The van der Waals surface area contributed by atoms with Gasteiger partial charge in [0.25, 0.3) is 0 Å². The SMILES string of the molecule is Cc1cc2ncnn2cc1Nc1ncc2[nH]c(=O)n(C34CC5CC(CC(C#N)(C5)C3)C4)c2n1. The van der Waals surface area contributed by atoms with Crippen molar-refractivity contribution in [3.05, 3.63) is 40.8 Å². The Morgan fingerprint density at radius 1 is 1.24 bits per heavy atom. The van der Waals surface area contributed by atoms with Gasteiger partial charge in [0.1, 0.15) is 11.8 Å². The van der Waals surface area contributed by atoms with E-state index in [1.165, 1.54) is 12.7 Å². The van der Waals surface area contributed by atoms with E-state index in [4.69, 9.17) is 4.98 Å². The smallest absolute Gasteiger partial charge is 0.323 e. The van der Waals surface area contributed by atoms with Crippen LogP contribution in [0.2, 0.25) is 0 Å². The predicted octanol–water partition coefficient (Wildman–Crippen LogP) is 3.03. The van der Waals surface area contributed by atoms with Crippen LogP contribution < -0.4 is 11.0 Å². The molecule has 4 aromatic heterocycles. The summed E-state index contributed by atoms with van der Waals surface area (Å²) in [6.45, 7) is 1.98. The van der Waals surface area contributed by atoms with Crippen LogP contribution in [0.25, 0.3) is 16.8 Å². The first-order valence-corrected chi connectivity index (χ1v) is 11.4. The molecular formula is C23H23N9O. The topological polar surface area (TPSA) is 130 Å². The fourth-order valence-electron chi connectivity index (χ4n) is 7.21. The molecule has 10 heteroatoms. The van der Waals surface area contributed by atoms with E-state index in [-0.39, 0.29) is 16.6 Å². The second-order valence-electron chi connectivity index (χ2n) is 10.3. The van der Waals surface area contributed by atoms with Gasteiger partial charge in [-0.15, -0.1) is 0 Å². The van der Waals surface area contributed by atoms with Crippen molar-refractivity contribution in [1.82, 2.24) is 34.1 Å². The van der Waals surface area contributed by atoms with E-state index in [0.717, 1.165) is 49.0 Å². The summed E-state index contributed by atoms with van der Waals surface area (Å²) in [4.78, 5) is 29.6. The van der Waals surface area contributed by atoms with Gasteiger partial charge in [-0.3, -0.25) is 4.57 Å². The number of nitrogens with one attached hydrogen (secondary N) is 2. The number of pyridine rings is 1. The molecule has 2 unspecified atom stereocenters. The molecule has 0 saturated heterocycles. The van der Waals surface area contributed by atoms with Gasteiger partial charge in [0, 0.05) is 0 Å². The average Bonchev–Trinajstić information content (AvgIpc) is 3.35. The van der Waals surface area contributed by atoms with E-state index >= 15 is 0 Å². The van der Waals surface area contributed by atoms with E-state index in [1.807, 2.05) is 23.8 Å². The third-order valence-electron chi connectivity index (χ3n) is 8.04. The van der Waals surface area contributed by atoms with Crippen LogP contribution in [-0.4, -0.2) is 34.1 Å². The molecule has 4 aliphatic carbocycles. The second-order valence-corrected chi connectivity index (χ2v) is 10.3. The van der Waals surface area contributed by atoms with Gasteiger partial charge in [-0.05, 0) is 68.9 Å². The Morgan fingerprint density at radius 3 is 2.85 bits per heavy atom. The standard InChI is InChI=1S/C23H23N9O/c1-13-2-18-26-12-27-31(18)9-17(13)28-20-25-8-16-19(30-20)32(21(33)29-16)23-6-14-3-15(7-23)5-22(4-14,10-23)11-24/h2,8-9,12,14-15H,3-7,10H2,1H3,(H,29,33)(H,25,28,30). The predicted molar refractivity (Wildman–Crippen MR) is 120 cm³/mol. The van der Waals surface area contributed by atoms with Crippen LogP contribution in [0.3, 0.4) is 0 Å². The molecule has 8 rings (SSSR count). The van der Waals surface area contributed by atoms with Gasteiger partial charge >= 0.3 is 5.69 Å². The number of aryl methyl sites for hydroxylation is 1. The highest BCUT2D eigenvalue weighted by Gasteiger charge is 2.59. The van der Waals surface area contributed by atoms with Crippen molar-refractivity contribution in [3.8, 4) is 6.07 Å². The number of aromatic amines is 1. The maximum Gasteiger partial charge on any atom is 0.328 e. The number of rotatable bonds is 3. The summed E-state index contributed by atoms with van der Waals surface area (Å²) in [5.41, 5.74) is 2.97. The second kappa shape index (κ2) is 6.19. The summed E-state index contributed by atoms with van der Waals surface area (Å²) in [7, 11) is 0. The largest absolute Gasteiger partial charge is 0.328 e. The molecule has 4 fully saturated rings. The van der Waals surface area contributed by atoms with Crippen LogP contribution >= 0.6 is 0 Å². The number of nitrogens with zero attached hydrogens (tertiary/aromatic N) is 7.